The Labute approximate surface area is 192 Å². The van der Waals surface area contributed by atoms with Gasteiger partial charge in [-0.15, -0.1) is 0 Å². The summed E-state index contributed by atoms with van der Waals surface area (Å²) < 4.78 is 15.0. The summed E-state index contributed by atoms with van der Waals surface area (Å²) in [5, 5.41) is 4.09. The van der Waals surface area contributed by atoms with Gasteiger partial charge in [0.15, 0.2) is 5.16 Å². The van der Waals surface area contributed by atoms with Crippen LogP contribution in [0, 0.1) is 5.82 Å². The van der Waals surface area contributed by atoms with E-state index in [1.54, 1.807) is 22.8 Å². The summed E-state index contributed by atoms with van der Waals surface area (Å²) in [6, 6.07) is 13.1. The molecule has 0 aliphatic heterocycles. The Balaban J connectivity index is 1.59. The predicted octanol–water partition coefficient (Wildman–Crippen LogP) is 5.48. The van der Waals surface area contributed by atoms with Gasteiger partial charge in [-0.3, -0.25) is 14.2 Å². The first-order chi connectivity index (χ1) is 15.6. The van der Waals surface area contributed by atoms with Gasteiger partial charge in [0, 0.05) is 18.7 Å². The molecule has 0 aliphatic carbocycles. The van der Waals surface area contributed by atoms with Crippen LogP contribution in [0.5, 0.6) is 0 Å². The zero-order valence-corrected chi connectivity index (χ0v) is 19.3. The summed E-state index contributed by atoms with van der Waals surface area (Å²) in [5.41, 5.74) is 1.08. The van der Waals surface area contributed by atoms with Gasteiger partial charge in [-0.1, -0.05) is 50.1 Å². The maximum absolute atomic E-state index is 13.4. The second-order valence-corrected chi connectivity index (χ2v) is 8.81. The number of unbranched alkanes of at least 4 members (excludes halogenated alkanes) is 4. The Morgan fingerprint density at radius 3 is 2.59 bits per heavy atom. The number of carbonyl (C=O) groups is 1. The second kappa shape index (κ2) is 12.4. The molecule has 3 rings (SSSR count). The van der Waals surface area contributed by atoms with Crippen LogP contribution >= 0.6 is 11.8 Å². The normalized spacial score (nSPS) is 11.1. The van der Waals surface area contributed by atoms with E-state index in [-0.39, 0.29) is 17.3 Å². The minimum absolute atomic E-state index is 0.120. The fourth-order valence-corrected chi connectivity index (χ4v) is 4.46. The number of hydrogen-bond acceptors (Lipinski definition) is 4. The van der Waals surface area contributed by atoms with Gasteiger partial charge in [0.1, 0.15) is 5.82 Å². The third kappa shape index (κ3) is 6.66. The highest BCUT2D eigenvalue weighted by atomic mass is 32.2. The smallest absolute Gasteiger partial charge is 0.266 e. The molecule has 0 saturated carbocycles. The van der Waals surface area contributed by atoms with E-state index in [0.29, 0.717) is 28.2 Å². The zero-order valence-electron chi connectivity index (χ0n) is 18.5. The van der Waals surface area contributed by atoms with Crippen molar-refractivity contribution in [3.05, 3.63) is 64.7 Å². The van der Waals surface area contributed by atoms with Crippen molar-refractivity contribution in [3.8, 4) is 5.69 Å². The van der Waals surface area contributed by atoms with Crippen LogP contribution in [0.3, 0.4) is 0 Å². The minimum Gasteiger partial charge on any atom is -0.356 e. The summed E-state index contributed by atoms with van der Waals surface area (Å²) in [7, 11) is 0. The fourth-order valence-electron chi connectivity index (χ4n) is 3.45. The monoisotopic (exact) mass is 455 g/mol. The van der Waals surface area contributed by atoms with E-state index >= 15 is 0 Å². The molecule has 0 aliphatic rings. The zero-order chi connectivity index (χ0) is 22.8. The molecule has 0 unspecified atom stereocenters. The van der Waals surface area contributed by atoms with Crippen molar-refractivity contribution in [1.29, 1.82) is 0 Å². The third-order valence-corrected chi connectivity index (χ3v) is 6.24. The molecule has 1 aromatic heterocycles. The van der Waals surface area contributed by atoms with Crippen LogP contribution in [0.2, 0.25) is 0 Å². The van der Waals surface area contributed by atoms with E-state index in [1.807, 2.05) is 18.2 Å². The summed E-state index contributed by atoms with van der Waals surface area (Å²) in [6.07, 6.45) is 6.57. The Bertz CT molecular complexity index is 1080. The maximum Gasteiger partial charge on any atom is 0.266 e. The molecule has 0 fully saturated rings. The van der Waals surface area contributed by atoms with Crippen molar-refractivity contribution >= 4 is 28.6 Å². The lowest BCUT2D eigenvalue weighted by molar-refractivity contribution is -0.121. The van der Waals surface area contributed by atoms with Crippen LogP contribution in [0.15, 0.2) is 58.5 Å². The molecule has 7 heteroatoms. The molecule has 1 amide bonds. The number of fused-ring (bicyclic) bond motifs is 1. The Morgan fingerprint density at radius 1 is 1.03 bits per heavy atom. The van der Waals surface area contributed by atoms with Crippen LogP contribution in [-0.4, -0.2) is 27.8 Å². The average Bonchev–Trinajstić information content (AvgIpc) is 2.80. The second-order valence-electron chi connectivity index (χ2n) is 7.74. The number of nitrogens with one attached hydrogen (secondary N) is 1. The Kier molecular flexibility index (Phi) is 9.28. The first kappa shape index (κ1) is 24.0. The van der Waals surface area contributed by atoms with Crippen molar-refractivity contribution in [2.24, 2.45) is 0 Å². The quantitative estimate of drug-likeness (QED) is 0.223. The standard InChI is InChI=1S/C25H30FN3O2S/c1-2-3-8-17-27-23(30)12-5-4-9-18-32-25-28-22-11-7-6-10-21(22)24(31)29(25)20-15-13-19(26)14-16-20/h6-7,10-11,13-16H,2-5,8-9,12,17-18H2,1H3,(H,27,30). The molecule has 0 spiro atoms. The van der Waals surface area contributed by atoms with Gasteiger partial charge >= 0.3 is 0 Å². The number of carbonyl (C=O) groups excluding carboxylic acids is 1. The number of benzene rings is 2. The molecule has 1 N–H and O–H groups in total. The van der Waals surface area contributed by atoms with Gasteiger partial charge in [0.05, 0.1) is 16.6 Å². The van der Waals surface area contributed by atoms with Gasteiger partial charge in [-0.25, -0.2) is 9.37 Å². The highest BCUT2D eigenvalue weighted by Gasteiger charge is 2.13. The Morgan fingerprint density at radius 2 is 1.81 bits per heavy atom. The van der Waals surface area contributed by atoms with Crippen LogP contribution in [0.25, 0.3) is 16.6 Å². The Hall–Kier alpha value is -2.67. The third-order valence-electron chi connectivity index (χ3n) is 5.21. The van der Waals surface area contributed by atoms with E-state index in [4.69, 9.17) is 4.98 Å². The van der Waals surface area contributed by atoms with E-state index in [2.05, 4.69) is 12.2 Å². The molecule has 32 heavy (non-hydrogen) atoms. The first-order valence-corrected chi connectivity index (χ1v) is 12.3. The van der Waals surface area contributed by atoms with Gasteiger partial charge in [-0.2, -0.15) is 0 Å². The van der Waals surface area contributed by atoms with E-state index in [1.165, 1.54) is 23.9 Å². The van der Waals surface area contributed by atoms with E-state index in [9.17, 15) is 14.0 Å². The average molecular weight is 456 g/mol. The molecular weight excluding hydrogens is 425 g/mol. The lowest BCUT2D eigenvalue weighted by atomic mass is 10.2. The van der Waals surface area contributed by atoms with Crippen molar-refractivity contribution in [3.63, 3.8) is 0 Å². The number of aromatic nitrogens is 2. The number of amides is 1. The molecule has 0 saturated heterocycles. The highest BCUT2D eigenvalue weighted by Crippen LogP contribution is 2.23. The predicted molar refractivity (Wildman–Crippen MR) is 129 cm³/mol. The van der Waals surface area contributed by atoms with Crippen LogP contribution in [0.4, 0.5) is 4.39 Å². The lowest BCUT2D eigenvalue weighted by Crippen LogP contribution is -2.23. The molecule has 5 nitrogen and oxygen atoms in total. The number of nitrogens with zero attached hydrogens (tertiary/aromatic N) is 2. The molecular formula is C25H30FN3O2S. The van der Waals surface area contributed by atoms with E-state index < -0.39 is 0 Å². The summed E-state index contributed by atoms with van der Waals surface area (Å²) in [4.78, 5) is 29.7. The fraction of sp³-hybridized carbons (Fsp3) is 0.400. The number of thioether (sulfide) groups is 1. The van der Waals surface area contributed by atoms with Crippen LogP contribution in [0.1, 0.15) is 51.9 Å². The van der Waals surface area contributed by atoms with Crippen molar-refractivity contribution < 1.29 is 9.18 Å². The molecule has 2 aromatic carbocycles. The molecule has 0 bridgehead atoms. The van der Waals surface area contributed by atoms with E-state index in [0.717, 1.165) is 50.8 Å². The number of rotatable bonds is 12. The van der Waals surface area contributed by atoms with Gasteiger partial charge in [0.2, 0.25) is 5.91 Å². The van der Waals surface area contributed by atoms with Crippen LogP contribution < -0.4 is 10.9 Å². The molecule has 170 valence electrons. The molecule has 0 radical (unpaired) electrons. The number of halogens is 1. The molecule has 0 atom stereocenters. The topological polar surface area (TPSA) is 64.0 Å². The SMILES string of the molecule is CCCCCNC(=O)CCCCCSc1nc2ccccc2c(=O)n1-c1ccc(F)cc1. The summed E-state index contributed by atoms with van der Waals surface area (Å²) in [6.45, 7) is 2.91. The van der Waals surface area contributed by atoms with Gasteiger partial charge in [-0.05, 0) is 55.7 Å². The molecule has 1 heterocycles. The number of hydrogen-bond donors (Lipinski definition) is 1. The summed E-state index contributed by atoms with van der Waals surface area (Å²) in [5.74, 6) is 0.554. The molecule has 3 aromatic rings. The largest absolute Gasteiger partial charge is 0.356 e. The lowest BCUT2D eigenvalue weighted by Gasteiger charge is -2.13. The van der Waals surface area contributed by atoms with Gasteiger partial charge in [0.25, 0.3) is 5.56 Å². The van der Waals surface area contributed by atoms with Crippen molar-refractivity contribution in [1.82, 2.24) is 14.9 Å². The first-order valence-electron chi connectivity index (χ1n) is 11.3. The van der Waals surface area contributed by atoms with Crippen molar-refractivity contribution in [2.45, 2.75) is 57.0 Å². The number of para-hydroxylation sites is 1. The summed E-state index contributed by atoms with van der Waals surface area (Å²) >= 11 is 1.51. The highest BCUT2D eigenvalue weighted by molar-refractivity contribution is 7.99. The van der Waals surface area contributed by atoms with Crippen LogP contribution in [-0.2, 0) is 4.79 Å². The van der Waals surface area contributed by atoms with Gasteiger partial charge < -0.3 is 5.32 Å². The maximum atomic E-state index is 13.4. The van der Waals surface area contributed by atoms with Crippen molar-refractivity contribution in [2.75, 3.05) is 12.3 Å². The minimum atomic E-state index is -0.348.